The summed E-state index contributed by atoms with van der Waals surface area (Å²) in [5, 5.41) is 5.12. The highest BCUT2D eigenvalue weighted by molar-refractivity contribution is 7.92. The Morgan fingerprint density at radius 1 is 1.14 bits per heavy atom. The first-order valence-electron chi connectivity index (χ1n) is 8.27. The smallest absolute Gasteiger partial charge is 0.257 e. The van der Waals surface area contributed by atoms with Crippen LogP contribution in [0.5, 0.6) is 0 Å². The molecule has 3 rings (SSSR count). The van der Waals surface area contributed by atoms with E-state index in [0.29, 0.717) is 28.7 Å². The van der Waals surface area contributed by atoms with Crippen molar-refractivity contribution in [2.24, 2.45) is 0 Å². The zero-order chi connectivity index (χ0) is 20.1. The summed E-state index contributed by atoms with van der Waals surface area (Å²) in [5.74, 6) is -0.249. The summed E-state index contributed by atoms with van der Waals surface area (Å²) in [6.45, 7) is 0.348. The first-order chi connectivity index (χ1) is 13.4. The molecule has 0 aliphatic carbocycles. The Balaban J connectivity index is 1.73. The number of amides is 1. The summed E-state index contributed by atoms with van der Waals surface area (Å²) < 4.78 is 30.1. The minimum absolute atomic E-state index is 0.249. The molecule has 0 aliphatic rings. The number of ether oxygens (including phenoxy) is 1. The van der Waals surface area contributed by atoms with Crippen LogP contribution in [0, 0.1) is 0 Å². The van der Waals surface area contributed by atoms with Gasteiger partial charge in [0.15, 0.2) is 5.13 Å². The Hall–Kier alpha value is -2.75. The molecule has 0 unspecified atom stereocenters. The molecular formula is C19H19N3O4S2. The summed E-state index contributed by atoms with van der Waals surface area (Å²) in [6.07, 6.45) is 1.10. The Bertz CT molecular complexity index is 1080. The van der Waals surface area contributed by atoms with Gasteiger partial charge in [-0.2, -0.15) is 0 Å². The normalized spacial score (nSPS) is 11.2. The molecule has 28 heavy (non-hydrogen) atoms. The van der Waals surface area contributed by atoms with Crippen molar-refractivity contribution in [2.75, 3.05) is 23.4 Å². The Morgan fingerprint density at radius 3 is 2.54 bits per heavy atom. The quantitative estimate of drug-likeness (QED) is 0.612. The fraction of sp³-hybridized carbons (Fsp3) is 0.158. The second-order valence-electron chi connectivity index (χ2n) is 6.03. The van der Waals surface area contributed by atoms with Crippen molar-refractivity contribution in [1.82, 2.24) is 4.98 Å². The van der Waals surface area contributed by atoms with Crippen molar-refractivity contribution in [1.29, 1.82) is 0 Å². The number of carbonyl (C=O) groups excluding carboxylic acids is 1. The zero-order valence-electron chi connectivity index (χ0n) is 15.3. The van der Waals surface area contributed by atoms with Gasteiger partial charge in [0.05, 0.1) is 18.6 Å². The number of rotatable bonds is 7. The van der Waals surface area contributed by atoms with Gasteiger partial charge in [-0.25, -0.2) is 13.4 Å². The third kappa shape index (κ3) is 5.16. The lowest BCUT2D eigenvalue weighted by molar-refractivity contribution is 0.102. The van der Waals surface area contributed by atoms with E-state index in [0.717, 1.165) is 17.4 Å². The molecule has 0 fully saturated rings. The second kappa shape index (κ2) is 8.51. The molecule has 0 aliphatic heterocycles. The van der Waals surface area contributed by atoms with Crippen LogP contribution in [0.4, 0.5) is 10.8 Å². The highest BCUT2D eigenvalue weighted by Gasteiger charge is 2.13. The predicted octanol–water partition coefficient (Wildman–Crippen LogP) is 3.58. The van der Waals surface area contributed by atoms with E-state index in [2.05, 4.69) is 15.0 Å². The fourth-order valence-corrected chi connectivity index (χ4v) is 3.85. The van der Waals surface area contributed by atoms with Crippen molar-refractivity contribution in [3.8, 4) is 11.3 Å². The van der Waals surface area contributed by atoms with Crippen LogP contribution < -0.4 is 10.0 Å². The molecule has 146 valence electrons. The minimum atomic E-state index is -3.32. The van der Waals surface area contributed by atoms with Gasteiger partial charge in [-0.3, -0.25) is 14.8 Å². The van der Waals surface area contributed by atoms with Crippen LogP contribution in [0.3, 0.4) is 0 Å². The van der Waals surface area contributed by atoms with Crippen molar-refractivity contribution in [3.63, 3.8) is 0 Å². The molecule has 1 heterocycles. The number of thiazole rings is 1. The van der Waals surface area contributed by atoms with E-state index in [1.54, 1.807) is 43.5 Å². The molecule has 7 nitrogen and oxygen atoms in total. The van der Waals surface area contributed by atoms with Gasteiger partial charge in [-0.15, -0.1) is 11.3 Å². The predicted molar refractivity (Wildman–Crippen MR) is 111 cm³/mol. The number of benzene rings is 2. The average Bonchev–Trinajstić information content (AvgIpc) is 3.10. The van der Waals surface area contributed by atoms with Gasteiger partial charge in [-0.05, 0) is 23.8 Å². The van der Waals surface area contributed by atoms with Crippen LogP contribution in [0.1, 0.15) is 15.9 Å². The van der Waals surface area contributed by atoms with Crippen LogP contribution in [0.25, 0.3) is 11.3 Å². The Labute approximate surface area is 167 Å². The topological polar surface area (TPSA) is 97.4 Å². The first-order valence-corrected chi connectivity index (χ1v) is 11.0. The molecule has 1 aromatic heterocycles. The third-order valence-corrected chi connectivity index (χ3v) is 5.13. The summed E-state index contributed by atoms with van der Waals surface area (Å²) in [5.41, 5.74) is 3.32. The highest BCUT2D eigenvalue weighted by Crippen LogP contribution is 2.26. The van der Waals surface area contributed by atoms with Crippen molar-refractivity contribution >= 4 is 38.1 Å². The van der Waals surface area contributed by atoms with Crippen molar-refractivity contribution in [2.45, 2.75) is 6.61 Å². The van der Waals surface area contributed by atoms with Gasteiger partial charge in [0, 0.05) is 29.3 Å². The zero-order valence-corrected chi connectivity index (χ0v) is 16.9. The summed E-state index contributed by atoms with van der Waals surface area (Å²) in [4.78, 5) is 17.0. The number of hydrogen-bond donors (Lipinski definition) is 2. The lowest BCUT2D eigenvalue weighted by atomic mass is 10.1. The number of carbonyl (C=O) groups is 1. The van der Waals surface area contributed by atoms with E-state index in [-0.39, 0.29) is 5.91 Å². The van der Waals surface area contributed by atoms with Crippen LogP contribution in [0.2, 0.25) is 0 Å². The number of aromatic nitrogens is 1. The van der Waals surface area contributed by atoms with Crippen LogP contribution in [-0.4, -0.2) is 32.7 Å². The Morgan fingerprint density at radius 2 is 1.86 bits per heavy atom. The van der Waals surface area contributed by atoms with Crippen LogP contribution in [-0.2, 0) is 21.4 Å². The van der Waals surface area contributed by atoms with Crippen molar-refractivity contribution in [3.05, 3.63) is 65.0 Å². The van der Waals surface area contributed by atoms with Gasteiger partial charge in [0.1, 0.15) is 0 Å². The molecule has 0 radical (unpaired) electrons. The number of sulfonamides is 1. The average molecular weight is 418 g/mol. The number of nitrogens with one attached hydrogen (secondary N) is 2. The molecule has 0 saturated heterocycles. The molecule has 0 bridgehead atoms. The monoisotopic (exact) mass is 417 g/mol. The van der Waals surface area contributed by atoms with Gasteiger partial charge >= 0.3 is 0 Å². The summed E-state index contributed by atoms with van der Waals surface area (Å²) in [7, 11) is -1.74. The lowest BCUT2D eigenvalue weighted by Crippen LogP contribution is -2.14. The number of nitrogens with zero attached hydrogens (tertiary/aromatic N) is 1. The first kappa shape index (κ1) is 20.0. The molecule has 2 aromatic carbocycles. The van der Waals surface area contributed by atoms with Crippen LogP contribution in [0.15, 0.2) is 53.9 Å². The summed E-state index contributed by atoms with van der Waals surface area (Å²) >= 11 is 1.31. The van der Waals surface area contributed by atoms with Crippen LogP contribution >= 0.6 is 11.3 Å². The molecule has 0 atom stereocenters. The van der Waals surface area contributed by atoms with E-state index >= 15 is 0 Å². The maximum atomic E-state index is 12.6. The van der Waals surface area contributed by atoms with E-state index < -0.39 is 10.0 Å². The van der Waals surface area contributed by atoms with E-state index in [4.69, 9.17) is 4.74 Å². The number of anilines is 2. The molecule has 9 heteroatoms. The molecule has 3 aromatic rings. The van der Waals surface area contributed by atoms with Gasteiger partial charge in [-0.1, -0.05) is 30.3 Å². The maximum absolute atomic E-state index is 12.6. The largest absolute Gasteiger partial charge is 0.380 e. The maximum Gasteiger partial charge on any atom is 0.257 e. The fourth-order valence-electron chi connectivity index (χ4n) is 2.57. The highest BCUT2D eigenvalue weighted by atomic mass is 32.2. The van der Waals surface area contributed by atoms with Gasteiger partial charge in [0.2, 0.25) is 10.0 Å². The third-order valence-electron chi connectivity index (χ3n) is 3.77. The molecule has 0 saturated carbocycles. The SMILES string of the molecule is COCc1ccccc1C(=O)Nc1nc(-c2ccc(NS(C)(=O)=O)cc2)cs1. The van der Waals surface area contributed by atoms with Gasteiger partial charge in [0.25, 0.3) is 5.91 Å². The Kier molecular flexibility index (Phi) is 6.08. The van der Waals surface area contributed by atoms with Gasteiger partial charge < -0.3 is 4.74 Å². The van der Waals surface area contributed by atoms with Crippen molar-refractivity contribution < 1.29 is 17.9 Å². The number of hydrogen-bond acceptors (Lipinski definition) is 6. The summed E-state index contributed by atoms with van der Waals surface area (Å²) in [6, 6.07) is 14.1. The molecular weight excluding hydrogens is 398 g/mol. The molecule has 0 spiro atoms. The minimum Gasteiger partial charge on any atom is -0.380 e. The van der Waals surface area contributed by atoms with E-state index in [9.17, 15) is 13.2 Å². The lowest BCUT2D eigenvalue weighted by Gasteiger charge is -2.07. The van der Waals surface area contributed by atoms with E-state index in [1.165, 1.54) is 11.3 Å². The molecule has 2 N–H and O–H groups in total. The van der Waals surface area contributed by atoms with E-state index in [1.807, 2.05) is 17.5 Å². The molecule has 1 amide bonds. The number of methoxy groups -OCH3 is 1. The second-order valence-corrected chi connectivity index (χ2v) is 8.64. The standard InChI is InChI=1S/C19H19N3O4S2/c1-26-11-14-5-3-4-6-16(14)18(23)21-19-20-17(12-27-19)13-7-9-15(10-8-13)22-28(2,24)25/h3-10,12,22H,11H2,1-2H3,(H,20,21,23).